The van der Waals surface area contributed by atoms with Gasteiger partial charge in [0, 0.05) is 3.57 Å². The molecule has 0 aliphatic heterocycles. The predicted molar refractivity (Wildman–Crippen MR) is 65.9 cm³/mol. The molecule has 14 heavy (non-hydrogen) atoms. The Labute approximate surface area is 99.3 Å². The van der Waals surface area contributed by atoms with Crippen LogP contribution in [0.15, 0.2) is 18.2 Å². The molecular weight excluding hydrogens is 311 g/mol. The van der Waals surface area contributed by atoms with Crippen molar-refractivity contribution in [3.05, 3.63) is 27.3 Å². The smallest absolute Gasteiger partial charge is 0.341 e. The maximum absolute atomic E-state index is 11.5. The molecule has 1 aromatic rings. The van der Waals surface area contributed by atoms with Gasteiger partial charge in [-0.05, 0) is 40.8 Å². The lowest BCUT2D eigenvalue weighted by Crippen LogP contribution is -2.08. The summed E-state index contributed by atoms with van der Waals surface area (Å²) in [5.41, 5.74) is 0.490. The number of carbonyl (C=O) groups is 1. The van der Waals surface area contributed by atoms with Crippen LogP contribution < -0.4 is 4.74 Å². The van der Waals surface area contributed by atoms with Crippen LogP contribution in [0.3, 0.4) is 0 Å². The third-order valence-corrected chi connectivity index (χ3v) is 2.62. The van der Waals surface area contributed by atoms with E-state index in [1.165, 1.54) is 0 Å². The van der Waals surface area contributed by atoms with E-state index in [1.54, 1.807) is 13.2 Å². The van der Waals surface area contributed by atoms with Crippen molar-refractivity contribution in [3.8, 4) is 5.75 Å². The van der Waals surface area contributed by atoms with Crippen LogP contribution in [-0.4, -0.2) is 29.6 Å². The summed E-state index contributed by atoms with van der Waals surface area (Å²) < 4.78 is 11.1. The van der Waals surface area contributed by atoms with Crippen LogP contribution in [0.1, 0.15) is 10.4 Å². The van der Waals surface area contributed by atoms with E-state index < -0.39 is 0 Å². The van der Waals surface area contributed by atoms with Gasteiger partial charge in [0.2, 0.25) is 0 Å². The predicted octanol–water partition coefficient (Wildman–Crippen LogP) is 0.779. The van der Waals surface area contributed by atoms with Crippen LogP contribution in [0.25, 0.3) is 0 Å². The average molecular weight is 322 g/mol. The lowest BCUT2D eigenvalue weighted by molar-refractivity contribution is 0.0570. The minimum atomic E-state index is -0.312. The summed E-state index contributed by atoms with van der Waals surface area (Å²) in [4.78, 5) is 11.5. The van der Waals surface area contributed by atoms with Crippen molar-refractivity contribution >= 4 is 38.8 Å². The fourth-order valence-electron chi connectivity index (χ4n) is 1.04. The van der Waals surface area contributed by atoms with Gasteiger partial charge in [0.1, 0.15) is 11.3 Å². The van der Waals surface area contributed by atoms with E-state index >= 15 is 0 Å². The molecule has 3 nitrogen and oxygen atoms in total. The number of hydrogen-bond acceptors (Lipinski definition) is 3. The summed E-state index contributed by atoms with van der Waals surface area (Å²) in [6, 6.07) is 5.39. The van der Waals surface area contributed by atoms with Crippen LogP contribution in [0, 0.1) is 3.57 Å². The summed E-state index contributed by atoms with van der Waals surface area (Å²) >= 11 is 2.16. The van der Waals surface area contributed by atoms with E-state index in [2.05, 4.69) is 22.6 Å². The second-order valence-corrected chi connectivity index (χ2v) is 4.39. The van der Waals surface area contributed by atoms with E-state index in [0.717, 1.165) is 13.8 Å². The van der Waals surface area contributed by atoms with Gasteiger partial charge in [-0.3, -0.25) is 0 Å². The minimum absolute atomic E-state index is 0.312. The van der Waals surface area contributed by atoms with Gasteiger partial charge in [-0.15, -0.1) is 0 Å². The summed E-state index contributed by atoms with van der Waals surface area (Å²) in [6.45, 7) is 0. The van der Waals surface area contributed by atoms with E-state index in [0.29, 0.717) is 17.5 Å². The van der Waals surface area contributed by atoms with Crippen molar-refractivity contribution in [2.45, 2.75) is 0 Å². The molecule has 0 spiro atoms. The molecule has 76 valence electrons. The lowest BCUT2D eigenvalue weighted by Gasteiger charge is -2.07. The van der Waals surface area contributed by atoms with E-state index in [9.17, 15) is 4.79 Å². The molecule has 5 heteroatoms. The number of halogens is 1. The van der Waals surface area contributed by atoms with Crippen LogP contribution in [0.4, 0.5) is 0 Å². The molecule has 0 unspecified atom stereocenters. The largest absolute Gasteiger partial charge is 0.496 e. The first kappa shape index (κ1) is 11.5. The van der Waals surface area contributed by atoms with Crippen LogP contribution >= 0.6 is 22.6 Å². The zero-order valence-electron chi connectivity index (χ0n) is 8.04. The highest BCUT2D eigenvalue weighted by atomic mass is 127. The van der Waals surface area contributed by atoms with E-state index in [-0.39, 0.29) is 5.97 Å². The Hall–Kier alpha value is -0.563. The summed E-state index contributed by atoms with van der Waals surface area (Å²) in [7, 11) is 2.39. The van der Waals surface area contributed by atoms with Gasteiger partial charge < -0.3 is 9.47 Å². The third kappa shape index (κ3) is 2.71. The van der Waals surface area contributed by atoms with Crippen molar-refractivity contribution < 1.29 is 14.3 Å². The molecule has 1 rings (SSSR count). The van der Waals surface area contributed by atoms with E-state index in [4.69, 9.17) is 9.47 Å². The molecule has 0 saturated carbocycles. The Morgan fingerprint density at radius 1 is 1.57 bits per heavy atom. The SMILES string of the molecule is COc1cc(I)ccc1C(=O)OC[SiH3]. The maximum atomic E-state index is 11.5. The Morgan fingerprint density at radius 3 is 2.86 bits per heavy atom. The molecular formula is C9H11IO3Si. The zero-order chi connectivity index (χ0) is 10.6. The number of benzene rings is 1. The Morgan fingerprint density at radius 2 is 2.29 bits per heavy atom. The summed E-state index contributed by atoms with van der Waals surface area (Å²) in [6.07, 6.45) is 0.508. The summed E-state index contributed by atoms with van der Waals surface area (Å²) in [5, 5.41) is 0. The first-order valence-corrected chi connectivity index (χ1v) is 6.69. The van der Waals surface area contributed by atoms with Crippen molar-refractivity contribution in [1.29, 1.82) is 0 Å². The van der Waals surface area contributed by atoms with Crippen molar-refractivity contribution in [2.24, 2.45) is 0 Å². The molecule has 0 aliphatic rings. The van der Waals surface area contributed by atoms with E-state index in [1.807, 2.05) is 12.1 Å². The molecule has 0 atom stereocenters. The number of esters is 1. The van der Waals surface area contributed by atoms with Gasteiger partial charge in [0.15, 0.2) is 0 Å². The van der Waals surface area contributed by atoms with Crippen molar-refractivity contribution in [2.75, 3.05) is 13.3 Å². The van der Waals surface area contributed by atoms with Gasteiger partial charge in [0.05, 0.1) is 23.6 Å². The van der Waals surface area contributed by atoms with Crippen molar-refractivity contribution in [1.82, 2.24) is 0 Å². The Kier molecular flexibility index (Phi) is 4.40. The third-order valence-electron chi connectivity index (χ3n) is 1.66. The summed E-state index contributed by atoms with van der Waals surface area (Å²) in [5.74, 6) is 0.255. The number of methoxy groups -OCH3 is 1. The number of rotatable bonds is 3. The maximum Gasteiger partial charge on any atom is 0.341 e. The standard InChI is InChI=1S/C9H11IO3Si/c1-12-8-4-6(10)2-3-7(8)9(11)13-5-14/h2-4H,5H2,1,14H3. The monoisotopic (exact) mass is 322 g/mol. The molecule has 0 heterocycles. The average Bonchev–Trinajstić information content (AvgIpc) is 2.17. The fourth-order valence-corrected chi connectivity index (χ4v) is 1.77. The van der Waals surface area contributed by atoms with Crippen LogP contribution in [-0.2, 0) is 4.74 Å². The number of hydrogen-bond donors (Lipinski definition) is 0. The van der Waals surface area contributed by atoms with Crippen molar-refractivity contribution in [3.63, 3.8) is 0 Å². The van der Waals surface area contributed by atoms with Gasteiger partial charge in [0.25, 0.3) is 0 Å². The molecule has 1 aromatic carbocycles. The highest BCUT2D eigenvalue weighted by molar-refractivity contribution is 14.1. The fraction of sp³-hybridized carbons (Fsp3) is 0.222. The molecule has 0 N–H and O–H groups in total. The van der Waals surface area contributed by atoms with Crippen LogP contribution in [0.5, 0.6) is 5.75 Å². The van der Waals surface area contributed by atoms with Gasteiger partial charge >= 0.3 is 5.97 Å². The lowest BCUT2D eigenvalue weighted by atomic mass is 10.2. The quantitative estimate of drug-likeness (QED) is 0.469. The highest BCUT2D eigenvalue weighted by Gasteiger charge is 2.12. The van der Waals surface area contributed by atoms with Gasteiger partial charge in [-0.1, -0.05) is 0 Å². The number of carbonyl (C=O) groups excluding carboxylic acids is 1. The Balaban J connectivity index is 3.01. The zero-order valence-corrected chi connectivity index (χ0v) is 12.2. The number of ether oxygens (including phenoxy) is 2. The van der Waals surface area contributed by atoms with Gasteiger partial charge in [-0.25, -0.2) is 4.79 Å². The first-order chi connectivity index (χ1) is 6.69. The highest BCUT2D eigenvalue weighted by Crippen LogP contribution is 2.21. The molecule has 0 aliphatic carbocycles. The van der Waals surface area contributed by atoms with Gasteiger partial charge in [-0.2, -0.15) is 0 Å². The molecule has 0 amide bonds. The molecule has 0 saturated heterocycles. The topological polar surface area (TPSA) is 35.5 Å². The molecule has 0 bridgehead atoms. The van der Waals surface area contributed by atoms with Crippen LogP contribution in [0.2, 0.25) is 0 Å². The molecule has 0 aromatic heterocycles. The normalized spacial score (nSPS) is 9.86. The minimum Gasteiger partial charge on any atom is -0.496 e. The molecule has 0 fully saturated rings. The second-order valence-electron chi connectivity index (χ2n) is 2.57. The Bertz CT molecular complexity index is 341. The molecule has 0 radical (unpaired) electrons. The second kappa shape index (κ2) is 5.35. The first-order valence-electron chi connectivity index (χ1n) is 4.19.